The second kappa shape index (κ2) is 8.50. The van der Waals surface area contributed by atoms with Gasteiger partial charge in [-0.1, -0.05) is 12.8 Å². The molecule has 1 saturated carbocycles. The van der Waals surface area contributed by atoms with Gasteiger partial charge in [0, 0.05) is 50.2 Å². The Morgan fingerprint density at radius 3 is 2.86 bits per heavy atom. The molecule has 0 aromatic rings. The summed E-state index contributed by atoms with van der Waals surface area (Å²) in [5.41, 5.74) is 0. The monoisotopic (exact) mass is 347 g/mol. The fraction of sp³-hybridized carbons (Fsp3) is 0.929. The van der Waals surface area contributed by atoms with Crippen molar-refractivity contribution in [3.63, 3.8) is 0 Å². The predicted molar refractivity (Wildman–Crippen MR) is 87.8 cm³/mol. The molecule has 0 bridgehead atoms. The van der Waals surface area contributed by atoms with E-state index in [1.807, 2.05) is 17.8 Å². The number of hydrogen-bond donors (Lipinski definition) is 0. The minimum Gasteiger partial charge on any atom is -0.383 e. The lowest BCUT2D eigenvalue weighted by Gasteiger charge is -2.44. The molecular formula is C14H25N3O3S2. The van der Waals surface area contributed by atoms with Crippen molar-refractivity contribution in [2.75, 3.05) is 39.1 Å². The number of nitrogens with zero attached hydrogens (tertiary/aromatic N) is 3. The minimum absolute atomic E-state index is 0.115. The maximum absolute atomic E-state index is 13.0. The van der Waals surface area contributed by atoms with E-state index in [0.717, 1.165) is 25.0 Å². The molecule has 2 rings (SSSR count). The third-order valence-corrected chi connectivity index (χ3v) is 7.78. The third-order valence-electron chi connectivity index (χ3n) is 4.32. The number of thioether (sulfide) groups is 1. The Hall–Kier alpha value is -0.330. The first kappa shape index (κ1) is 18.0. The molecule has 1 aliphatic carbocycles. The Balaban J connectivity index is 2.15. The first-order valence-corrected chi connectivity index (χ1v) is 10.3. The van der Waals surface area contributed by atoms with Crippen molar-refractivity contribution in [1.29, 1.82) is 5.26 Å². The van der Waals surface area contributed by atoms with Crippen LogP contribution in [-0.2, 0) is 14.9 Å². The van der Waals surface area contributed by atoms with Crippen molar-refractivity contribution in [2.24, 2.45) is 0 Å². The smallest absolute Gasteiger partial charge is 0.282 e. The van der Waals surface area contributed by atoms with Gasteiger partial charge in [0.25, 0.3) is 10.2 Å². The first-order chi connectivity index (χ1) is 10.6. The Morgan fingerprint density at radius 1 is 1.36 bits per heavy atom. The van der Waals surface area contributed by atoms with Gasteiger partial charge in [0.05, 0.1) is 12.7 Å². The molecule has 2 atom stereocenters. The number of ether oxygens (including phenoxy) is 1. The van der Waals surface area contributed by atoms with Crippen LogP contribution in [0.25, 0.3) is 0 Å². The zero-order valence-corrected chi connectivity index (χ0v) is 14.7. The molecule has 1 aliphatic heterocycles. The van der Waals surface area contributed by atoms with E-state index in [1.54, 1.807) is 11.4 Å². The zero-order chi connectivity index (χ0) is 16.0. The van der Waals surface area contributed by atoms with Gasteiger partial charge in [-0.2, -0.15) is 34.1 Å². The second-order valence-electron chi connectivity index (χ2n) is 5.68. The molecule has 1 heterocycles. The molecule has 0 amide bonds. The average Bonchev–Trinajstić information content (AvgIpc) is 2.54. The zero-order valence-electron chi connectivity index (χ0n) is 13.1. The molecule has 0 unspecified atom stereocenters. The Kier molecular flexibility index (Phi) is 6.96. The van der Waals surface area contributed by atoms with Crippen molar-refractivity contribution in [2.45, 2.75) is 43.4 Å². The average molecular weight is 348 g/mol. The van der Waals surface area contributed by atoms with Crippen LogP contribution >= 0.6 is 11.8 Å². The summed E-state index contributed by atoms with van der Waals surface area (Å²) in [6, 6.07) is 2.15. The lowest BCUT2D eigenvalue weighted by molar-refractivity contribution is 0.172. The summed E-state index contributed by atoms with van der Waals surface area (Å²) < 4.78 is 34.2. The van der Waals surface area contributed by atoms with Crippen molar-refractivity contribution >= 4 is 22.0 Å². The van der Waals surface area contributed by atoms with E-state index in [0.29, 0.717) is 24.9 Å². The highest BCUT2D eigenvalue weighted by Crippen LogP contribution is 2.37. The molecule has 0 aromatic heterocycles. The van der Waals surface area contributed by atoms with Crippen LogP contribution in [0.3, 0.4) is 0 Å². The summed E-state index contributed by atoms with van der Waals surface area (Å²) >= 11 is 1.91. The molecule has 126 valence electrons. The van der Waals surface area contributed by atoms with Gasteiger partial charge in [0.2, 0.25) is 0 Å². The van der Waals surface area contributed by atoms with E-state index in [1.165, 1.54) is 10.7 Å². The number of hydrogen-bond acceptors (Lipinski definition) is 5. The van der Waals surface area contributed by atoms with Gasteiger partial charge >= 0.3 is 0 Å². The summed E-state index contributed by atoms with van der Waals surface area (Å²) in [6.07, 6.45) is 4.57. The van der Waals surface area contributed by atoms with E-state index < -0.39 is 10.2 Å². The van der Waals surface area contributed by atoms with Gasteiger partial charge in [-0.3, -0.25) is 0 Å². The maximum atomic E-state index is 13.0. The lowest BCUT2D eigenvalue weighted by Crippen LogP contribution is -2.56. The molecule has 2 fully saturated rings. The fourth-order valence-electron chi connectivity index (χ4n) is 3.21. The minimum atomic E-state index is -3.52. The van der Waals surface area contributed by atoms with E-state index in [4.69, 9.17) is 10.00 Å². The molecular weight excluding hydrogens is 322 g/mol. The Morgan fingerprint density at radius 2 is 2.14 bits per heavy atom. The maximum Gasteiger partial charge on any atom is 0.282 e. The van der Waals surface area contributed by atoms with E-state index in [2.05, 4.69) is 0 Å². The van der Waals surface area contributed by atoms with Crippen LogP contribution in [-0.4, -0.2) is 67.4 Å². The summed E-state index contributed by atoms with van der Waals surface area (Å²) in [6.45, 7) is 1.47. The molecule has 0 radical (unpaired) electrons. The van der Waals surface area contributed by atoms with E-state index in [9.17, 15) is 8.42 Å². The van der Waals surface area contributed by atoms with Crippen LogP contribution in [0.5, 0.6) is 0 Å². The fourth-order valence-corrected chi connectivity index (χ4v) is 6.68. The van der Waals surface area contributed by atoms with Crippen molar-refractivity contribution in [3.05, 3.63) is 0 Å². The molecule has 0 spiro atoms. The van der Waals surface area contributed by atoms with Crippen molar-refractivity contribution < 1.29 is 13.2 Å². The SMILES string of the molecule is COCCN(CCC#N)S(=O)(=O)N1CCS[C@H]2CCCC[C@@H]21. The number of rotatable bonds is 7. The van der Waals surface area contributed by atoms with Gasteiger partial charge in [0.1, 0.15) is 0 Å². The summed E-state index contributed by atoms with van der Waals surface area (Å²) in [7, 11) is -1.96. The van der Waals surface area contributed by atoms with Gasteiger partial charge in [-0.05, 0) is 12.8 Å². The van der Waals surface area contributed by atoms with E-state index in [-0.39, 0.29) is 19.0 Å². The Labute approximate surface area is 138 Å². The van der Waals surface area contributed by atoms with Crippen LogP contribution in [0.4, 0.5) is 0 Å². The van der Waals surface area contributed by atoms with Crippen molar-refractivity contribution in [1.82, 2.24) is 8.61 Å². The summed E-state index contributed by atoms with van der Waals surface area (Å²) in [4.78, 5) is 0. The first-order valence-electron chi connectivity index (χ1n) is 7.85. The van der Waals surface area contributed by atoms with Gasteiger partial charge < -0.3 is 4.74 Å². The highest BCUT2D eigenvalue weighted by molar-refractivity contribution is 8.00. The normalized spacial score (nSPS) is 26.6. The summed E-state index contributed by atoms with van der Waals surface area (Å²) in [5, 5.41) is 9.21. The van der Waals surface area contributed by atoms with Crippen LogP contribution < -0.4 is 0 Å². The summed E-state index contributed by atoms with van der Waals surface area (Å²) in [5.74, 6) is 0.858. The highest BCUT2D eigenvalue weighted by atomic mass is 32.2. The van der Waals surface area contributed by atoms with Gasteiger partial charge in [-0.25, -0.2) is 0 Å². The van der Waals surface area contributed by atoms with Crippen molar-refractivity contribution in [3.8, 4) is 6.07 Å². The van der Waals surface area contributed by atoms with Crippen LogP contribution in [0.2, 0.25) is 0 Å². The molecule has 2 aliphatic rings. The van der Waals surface area contributed by atoms with E-state index >= 15 is 0 Å². The van der Waals surface area contributed by atoms with Crippen LogP contribution in [0, 0.1) is 11.3 Å². The molecule has 22 heavy (non-hydrogen) atoms. The quantitative estimate of drug-likeness (QED) is 0.697. The largest absolute Gasteiger partial charge is 0.383 e. The number of fused-ring (bicyclic) bond motifs is 1. The molecule has 6 nitrogen and oxygen atoms in total. The molecule has 0 N–H and O–H groups in total. The standard InChI is InChI=1S/C14H25N3O3S2/c1-20-11-9-16(8-4-7-15)22(18,19)17-10-12-21-14-6-3-2-5-13(14)17/h13-14H,2-6,8-12H2,1H3/t13-,14-/m0/s1. The van der Waals surface area contributed by atoms with Gasteiger partial charge in [0.15, 0.2) is 0 Å². The highest BCUT2D eigenvalue weighted by Gasteiger charge is 2.42. The van der Waals surface area contributed by atoms with Gasteiger partial charge in [-0.15, -0.1) is 0 Å². The van der Waals surface area contributed by atoms with Crippen LogP contribution in [0.15, 0.2) is 0 Å². The lowest BCUT2D eigenvalue weighted by atomic mass is 9.95. The van der Waals surface area contributed by atoms with Crippen LogP contribution in [0.1, 0.15) is 32.1 Å². The molecule has 1 saturated heterocycles. The Bertz CT molecular complexity index is 490. The third kappa shape index (κ3) is 4.15. The topological polar surface area (TPSA) is 73.6 Å². The number of nitriles is 1. The molecule has 0 aromatic carbocycles. The molecule has 8 heteroatoms. The predicted octanol–water partition coefficient (Wildman–Crippen LogP) is 1.45. The number of methoxy groups -OCH3 is 1. The second-order valence-corrected chi connectivity index (χ2v) is 8.91.